The molecule has 0 saturated heterocycles. The monoisotopic (exact) mass is 422 g/mol. The number of rotatable bonds is 7. The van der Waals surface area contributed by atoms with Crippen molar-refractivity contribution in [3.05, 3.63) is 78.0 Å². The Morgan fingerprint density at radius 2 is 1.93 bits per heavy atom. The number of nitrogens with one attached hydrogen (secondary N) is 1. The normalized spacial score (nSPS) is 12.1. The molecule has 2 aromatic heterocycles. The van der Waals surface area contributed by atoms with E-state index in [1.807, 2.05) is 71.3 Å². The predicted molar refractivity (Wildman–Crippen MR) is 119 cm³/mol. The largest absolute Gasteiger partial charge is 0.489 e. The molecule has 0 aliphatic carbocycles. The Morgan fingerprint density at radius 3 is 2.73 bits per heavy atom. The third kappa shape index (κ3) is 4.02. The van der Waals surface area contributed by atoms with Gasteiger partial charge in [-0.15, -0.1) is 0 Å². The smallest absolute Gasteiger partial charge is 0.340 e. The first-order valence-electron chi connectivity index (χ1n) is 9.58. The second-order valence-corrected chi connectivity index (χ2v) is 7.89. The highest BCUT2D eigenvalue weighted by atomic mass is 32.2. The van der Waals surface area contributed by atoms with Gasteiger partial charge in [-0.2, -0.15) is 0 Å². The van der Waals surface area contributed by atoms with Crippen molar-refractivity contribution in [2.75, 3.05) is 17.6 Å². The highest BCUT2D eigenvalue weighted by Gasteiger charge is 2.19. The Kier molecular flexibility index (Phi) is 5.72. The van der Waals surface area contributed by atoms with Crippen LogP contribution in [0.2, 0.25) is 0 Å². The second-order valence-electron chi connectivity index (χ2n) is 6.78. The molecule has 2 heterocycles. The minimum Gasteiger partial charge on any atom is -0.489 e. The van der Waals surface area contributed by atoms with Crippen molar-refractivity contribution in [3.63, 3.8) is 0 Å². The number of esters is 1. The van der Waals surface area contributed by atoms with Crippen LogP contribution in [-0.2, 0) is 22.3 Å². The minimum atomic E-state index is -1.13. The summed E-state index contributed by atoms with van der Waals surface area (Å²) >= 11 is 0. The lowest BCUT2D eigenvalue weighted by Crippen LogP contribution is -2.04. The first-order chi connectivity index (χ1) is 14.6. The van der Waals surface area contributed by atoms with E-state index in [1.54, 1.807) is 13.2 Å². The molecule has 0 saturated carbocycles. The molecular formula is C23H22N2O4S. The molecule has 0 amide bonds. The molecule has 0 aliphatic rings. The number of fused-ring (bicyclic) bond motifs is 3. The number of carbonyl (C=O) groups is 1. The van der Waals surface area contributed by atoms with Gasteiger partial charge in [0.05, 0.1) is 23.2 Å². The molecule has 0 fully saturated rings. The van der Waals surface area contributed by atoms with Gasteiger partial charge in [0.1, 0.15) is 23.3 Å². The van der Waals surface area contributed by atoms with Gasteiger partial charge in [-0.3, -0.25) is 0 Å². The second kappa shape index (κ2) is 8.59. The van der Waals surface area contributed by atoms with Gasteiger partial charge in [0.15, 0.2) is 0 Å². The van der Waals surface area contributed by atoms with Crippen molar-refractivity contribution in [3.8, 4) is 5.75 Å². The van der Waals surface area contributed by atoms with Crippen molar-refractivity contribution in [2.24, 2.45) is 0 Å². The summed E-state index contributed by atoms with van der Waals surface area (Å²) < 4.78 is 27.5. The maximum atomic E-state index is 12.5. The van der Waals surface area contributed by atoms with Crippen LogP contribution in [-0.4, -0.2) is 27.4 Å². The average molecular weight is 423 g/mol. The molecule has 1 unspecified atom stereocenters. The molecule has 4 rings (SSSR count). The van der Waals surface area contributed by atoms with E-state index in [1.165, 1.54) is 0 Å². The molecule has 0 bridgehead atoms. The van der Waals surface area contributed by atoms with Crippen molar-refractivity contribution in [2.45, 2.75) is 13.5 Å². The van der Waals surface area contributed by atoms with Crippen LogP contribution in [0.5, 0.6) is 5.75 Å². The van der Waals surface area contributed by atoms with E-state index in [4.69, 9.17) is 9.47 Å². The summed E-state index contributed by atoms with van der Waals surface area (Å²) in [6.07, 6.45) is 3.51. The molecule has 7 heteroatoms. The van der Waals surface area contributed by atoms with Gasteiger partial charge in [-0.25, -0.2) is 9.00 Å². The summed E-state index contributed by atoms with van der Waals surface area (Å²) in [4.78, 5) is 12.5. The van der Waals surface area contributed by atoms with Crippen molar-refractivity contribution in [1.29, 1.82) is 0 Å². The van der Waals surface area contributed by atoms with Crippen LogP contribution in [0.15, 0.2) is 66.9 Å². The Hall–Kier alpha value is -3.32. The lowest BCUT2D eigenvalue weighted by atomic mass is 10.1. The van der Waals surface area contributed by atoms with Crippen LogP contribution in [0.4, 0.5) is 5.69 Å². The van der Waals surface area contributed by atoms with Crippen molar-refractivity contribution >= 4 is 39.1 Å². The topological polar surface area (TPSA) is 69.0 Å². The molecule has 154 valence electrons. The molecule has 2 aromatic carbocycles. The molecule has 1 atom stereocenters. The number of ether oxygens (including phenoxy) is 2. The van der Waals surface area contributed by atoms with E-state index in [9.17, 15) is 9.00 Å². The molecule has 1 N–H and O–H groups in total. The van der Waals surface area contributed by atoms with Gasteiger partial charge >= 0.3 is 5.97 Å². The number of nitrogens with zero attached hydrogens (tertiary/aromatic N) is 1. The summed E-state index contributed by atoms with van der Waals surface area (Å²) in [7, 11) is -1.13. The molecule has 0 radical (unpaired) electrons. The lowest BCUT2D eigenvalue weighted by Gasteiger charge is -2.09. The van der Waals surface area contributed by atoms with Crippen molar-refractivity contribution in [1.82, 2.24) is 4.40 Å². The van der Waals surface area contributed by atoms with Gasteiger partial charge in [-0.05, 0) is 48.9 Å². The highest BCUT2D eigenvalue weighted by molar-refractivity contribution is 7.85. The molecular weight excluding hydrogens is 400 g/mol. The van der Waals surface area contributed by atoms with E-state index in [-0.39, 0.29) is 5.97 Å². The van der Waals surface area contributed by atoms with Gasteiger partial charge in [0, 0.05) is 29.6 Å². The number of hydrogen-bond donors (Lipinski definition) is 1. The van der Waals surface area contributed by atoms with Crippen LogP contribution in [0, 0.1) is 0 Å². The fraction of sp³-hybridized carbons (Fsp3) is 0.174. The van der Waals surface area contributed by atoms with Crippen molar-refractivity contribution < 1.29 is 18.5 Å². The summed E-state index contributed by atoms with van der Waals surface area (Å²) in [6, 6.07) is 19.0. The van der Waals surface area contributed by atoms with Crippen LogP contribution in [0.1, 0.15) is 22.8 Å². The van der Waals surface area contributed by atoms with Crippen LogP contribution < -0.4 is 9.46 Å². The molecule has 0 aliphatic heterocycles. The van der Waals surface area contributed by atoms with Crippen LogP contribution >= 0.6 is 0 Å². The van der Waals surface area contributed by atoms with E-state index in [0.29, 0.717) is 24.5 Å². The zero-order valence-electron chi connectivity index (χ0n) is 16.8. The van der Waals surface area contributed by atoms with E-state index in [2.05, 4.69) is 4.72 Å². The number of aromatic nitrogens is 1. The Labute approximate surface area is 177 Å². The average Bonchev–Trinajstić information content (AvgIpc) is 3.06. The van der Waals surface area contributed by atoms with Crippen LogP contribution in [0.3, 0.4) is 0 Å². The lowest BCUT2D eigenvalue weighted by molar-refractivity contribution is 0.0531. The quantitative estimate of drug-likeness (QED) is 0.444. The molecule has 30 heavy (non-hydrogen) atoms. The SMILES string of the molecule is CCOC(=O)c1c2ccc(OCc3cccc(NS(C)=O)c3)cc2n2ccccc12. The standard InChI is InChI=1S/C23H22N2O4S/c1-3-28-23(26)22-19-11-10-18(14-21(19)25-12-5-4-9-20(22)25)29-15-16-7-6-8-17(13-16)24-30(2)27/h4-14,24H,3,15H2,1-2H3. The minimum absolute atomic E-state index is 0.325. The highest BCUT2D eigenvalue weighted by Crippen LogP contribution is 2.30. The Morgan fingerprint density at radius 1 is 1.07 bits per heavy atom. The number of benzene rings is 2. The maximum absolute atomic E-state index is 12.5. The predicted octanol–water partition coefficient (Wildman–Crippen LogP) is 4.55. The van der Waals surface area contributed by atoms with Gasteiger partial charge < -0.3 is 18.6 Å². The summed E-state index contributed by atoms with van der Waals surface area (Å²) in [5.41, 5.74) is 3.98. The zero-order chi connectivity index (χ0) is 21.1. The molecule has 4 aromatic rings. The van der Waals surface area contributed by atoms with Gasteiger partial charge in [-0.1, -0.05) is 18.2 Å². The van der Waals surface area contributed by atoms with E-state index >= 15 is 0 Å². The fourth-order valence-corrected chi connectivity index (χ4v) is 3.94. The van der Waals surface area contributed by atoms with Gasteiger partial charge in [0.2, 0.25) is 0 Å². The number of anilines is 1. The third-order valence-electron chi connectivity index (χ3n) is 4.69. The zero-order valence-corrected chi connectivity index (χ0v) is 17.6. The Bertz CT molecular complexity index is 1250. The third-order valence-corrected chi connectivity index (χ3v) is 5.21. The summed E-state index contributed by atoms with van der Waals surface area (Å²) in [5.74, 6) is 0.362. The molecule has 0 spiro atoms. The van der Waals surface area contributed by atoms with E-state index < -0.39 is 11.0 Å². The maximum Gasteiger partial charge on any atom is 0.340 e. The first kappa shape index (κ1) is 20.0. The van der Waals surface area contributed by atoms with E-state index in [0.717, 1.165) is 27.7 Å². The van der Waals surface area contributed by atoms with Gasteiger partial charge in [0.25, 0.3) is 0 Å². The number of carbonyl (C=O) groups excluding carboxylic acids is 1. The molecule has 6 nitrogen and oxygen atoms in total. The summed E-state index contributed by atoms with van der Waals surface area (Å²) in [5, 5.41) is 0.823. The summed E-state index contributed by atoms with van der Waals surface area (Å²) in [6.45, 7) is 2.49. The first-order valence-corrected chi connectivity index (χ1v) is 11.1. The number of hydrogen-bond acceptors (Lipinski definition) is 4. The Balaban J connectivity index is 1.65. The van der Waals surface area contributed by atoms with Crippen LogP contribution in [0.25, 0.3) is 16.4 Å². The number of pyridine rings is 1. The fourth-order valence-electron chi connectivity index (χ4n) is 3.48.